The van der Waals surface area contributed by atoms with Crippen LogP contribution in [0, 0.1) is 11.2 Å². The van der Waals surface area contributed by atoms with Crippen molar-refractivity contribution in [3.63, 3.8) is 0 Å². The van der Waals surface area contributed by atoms with Crippen LogP contribution < -0.4 is 0 Å². The second-order valence-electron chi connectivity index (χ2n) is 7.09. The van der Waals surface area contributed by atoms with E-state index in [1.54, 1.807) is 12.1 Å². The number of pyridine rings is 1. The van der Waals surface area contributed by atoms with Gasteiger partial charge in [-0.25, -0.2) is 4.39 Å². The molecule has 1 unspecified atom stereocenters. The molecule has 134 valence electrons. The number of ether oxygens (including phenoxy) is 1. The maximum absolute atomic E-state index is 13.1. The highest BCUT2D eigenvalue weighted by Gasteiger charge is 2.37. The number of aryl methyl sites for hydroxylation is 1. The van der Waals surface area contributed by atoms with E-state index in [2.05, 4.69) is 22.9 Å². The van der Waals surface area contributed by atoms with Gasteiger partial charge in [-0.2, -0.15) is 0 Å². The molecule has 1 aromatic carbocycles. The van der Waals surface area contributed by atoms with Crippen molar-refractivity contribution in [1.82, 2.24) is 9.88 Å². The molecule has 2 aromatic rings. The molecule has 25 heavy (non-hydrogen) atoms. The average Bonchev–Trinajstić information content (AvgIpc) is 3.04. The van der Waals surface area contributed by atoms with Crippen molar-refractivity contribution in [2.24, 2.45) is 5.41 Å². The highest BCUT2D eigenvalue weighted by Crippen LogP contribution is 2.36. The van der Waals surface area contributed by atoms with E-state index in [9.17, 15) is 4.39 Å². The predicted octanol–water partition coefficient (Wildman–Crippen LogP) is 4.08. The minimum Gasteiger partial charge on any atom is -0.381 e. The van der Waals surface area contributed by atoms with E-state index < -0.39 is 0 Å². The number of benzene rings is 1. The van der Waals surface area contributed by atoms with Gasteiger partial charge in [0.2, 0.25) is 0 Å². The first-order valence-electron chi connectivity index (χ1n) is 9.13. The lowest BCUT2D eigenvalue weighted by Gasteiger charge is -2.29. The lowest BCUT2D eigenvalue weighted by molar-refractivity contribution is 0.0489. The van der Waals surface area contributed by atoms with Crippen molar-refractivity contribution in [2.75, 3.05) is 26.3 Å². The Morgan fingerprint density at radius 3 is 2.76 bits per heavy atom. The van der Waals surface area contributed by atoms with Crippen molar-refractivity contribution >= 4 is 0 Å². The standard InChI is InChI=1S/C21H27FN2O/c1-2-25-17-21(10-9-18-5-7-20(22)8-6-18)11-13-24(16-21)15-19-4-3-12-23-14-19/h3-8,12,14H,2,9-11,13,15-17H2,1H3. The van der Waals surface area contributed by atoms with Crippen LogP contribution >= 0.6 is 0 Å². The van der Waals surface area contributed by atoms with E-state index in [0.29, 0.717) is 0 Å². The highest BCUT2D eigenvalue weighted by molar-refractivity contribution is 5.16. The summed E-state index contributed by atoms with van der Waals surface area (Å²) in [5, 5.41) is 0. The summed E-state index contributed by atoms with van der Waals surface area (Å²) in [6, 6.07) is 11.0. The molecule has 0 amide bonds. The molecule has 1 aliphatic heterocycles. The molecule has 1 aromatic heterocycles. The van der Waals surface area contributed by atoms with Crippen molar-refractivity contribution < 1.29 is 9.13 Å². The first-order valence-corrected chi connectivity index (χ1v) is 9.13. The normalized spacial score (nSPS) is 20.9. The Kier molecular flexibility index (Phi) is 6.16. The summed E-state index contributed by atoms with van der Waals surface area (Å²) < 4.78 is 18.9. The summed E-state index contributed by atoms with van der Waals surface area (Å²) in [7, 11) is 0. The first-order chi connectivity index (χ1) is 12.2. The summed E-state index contributed by atoms with van der Waals surface area (Å²) in [4.78, 5) is 6.71. The van der Waals surface area contributed by atoms with Gasteiger partial charge in [0, 0.05) is 37.5 Å². The molecule has 0 bridgehead atoms. The number of halogens is 1. The predicted molar refractivity (Wildman–Crippen MR) is 97.8 cm³/mol. The summed E-state index contributed by atoms with van der Waals surface area (Å²) in [5.41, 5.74) is 2.64. The molecule has 0 spiro atoms. The van der Waals surface area contributed by atoms with Gasteiger partial charge in [-0.3, -0.25) is 9.88 Å². The second-order valence-corrected chi connectivity index (χ2v) is 7.09. The molecule has 0 N–H and O–H groups in total. The molecule has 0 aliphatic carbocycles. The van der Waals surface area contributed by atoms with Crippen LogP contribution in [0.15, 0.2) is 48.8 Å². The third-order valence-electron chi connectivity index (χ3n) is 5.12. The van der Waals surface area contributed by atoms with E-state index in [-0.39, 0.29) is 11.2 Å². The lowest BCUT2D eigenvalue weighted by Crippen LogP contribution is -2.32. The van der Waals surface area contributed by atoms with Crippen LogP contribution in [0.4, 0.5) is 4.39 Å². The van der Waals surface area contributed by atoms with Crippen LogP contribution in [0.5, 0.6) is 0 Å². The van der Waals surface area contributed by atoms with E-state index in [0.717, 1.165) is 52.1 Å². The van der Waals surface area contributed by atoms with Crippen LogP contribution in [0.3, 0.4) is 0 Å². The summed E-state index contributed by atoms with van der Waals surface area (Å²) in [6.07, 6.45) is 6.95. The molecule has 1 fully saturated rings. The molecule has 1 saturated heterocycles. The van der Waals surface area contributed by atoms with E-state index >= 15 is 0 Å². The lowest BCUT2D eigenvalue weighted by atomic mass is 9.82. The monoisotopic (exact) mass is 342 g/mol. The van der Waals surface area contributed by atoms with Gasteiger partial charge in [-0.1, -0.05) is 18.2 Å². The molecule has 4 heteroatoms. The molecule has 3 nitrogen and oxygen atoms in total. The zero-order chi connectivity index (χ0) is 17.5. The third-order valence-corrected chi connectivity index (χ3v) is 5.12. The van der Waals surface area contributed by atoms with Crippen molar-refractivity contribution in [3.05, 3.63) is 65.7 Å². The topological polar surface area (TPSA) is 25.4 Å². The third kappa shape index (κ3) is 5.10. The summed E-state index contributed by atoms with van der Waals surface area (Å²) >= 11 is 0. The molecule has 0 saturated carbocycles. The Balaban J connectivity index is 1.61. The first kappa shape index (κ1) is 18.0. The van der Waals surface area contributed by atoms with Gasteiger partial charge in [0.15, 0.2) is 0 Å². The number of nitrogens with zero attached hydrogens (tertiary/aromatic N) is 2. The van der Waals surface area contributed by atoms with E-state index in [4.69, 9.17) is 4.74 Å². The highest BCUT2D eigenvalue weighted by atomic mass is 19.1. The minimum atomic E-state index is -0.170. The number of hydrogen-bond acceptors (Lipinski definition) is 3. The van der Waals surface area contributed by atoms with Gasteiger partial charge in [-0.05, 0) is 62.1 Å². The SMILES string of the molecule is CCOCC1(CCc2ccc(F)cc2)CCN(Cc2cccnc2)C1. The number of rotatable bonds is 8. The van der Waals surface area contributed by atoms with Crippen molar-refractivity contribution in [1.29, 1.82) is 0 Å². The van der Waals surface area contributed by atoms with Gasteiger partial charge in [0.1, 0.15) is 5.82 Å². The van der Waals surface area contributed by atoms with Crippen molar-refractivity contribution in [3.8, 4) is 0 Å². The smallest absolute Gasteiger partial charge is 0.123 e. The maximum Gasteiger partial charge on any atom is 0.123 e. The molecular formula is C21H27FN2O. The van der Waals surface area contributed by atoms with Crippen LogP contribution in [0.1, 0.15) is 30.9 Å². The Morgan fingerprint density at radius 1 is 1.20 bits per heavy atom. The molecule has 0 radical (unpaired) electrons. The minimum absolute atomic E-state index is 0.170. The van der Waals surface area contributed by atoms with Crippen LogP contribution in [0.25, 0.3) is 0 Å². The average molecular weight is 342 g/mol. The number of likely N-dealkylation sites (tertiary alicyclic amines) is 1. The van der Waals surface area contributed by atoms with Gasteiger partial charge in [-0.15, -0.1) is 0 Å². The summed E-state index contributed by atoms with van der Waals surface area (Å²) in [5.74, 6) is -0.170. The molecular weight excluding hydrogens is 315 g/mol. The van der Waals surface area contributed by atoms with E-state index in [1.807, 2.05) is 30.6 Å². The number of hydrogen-bond donors (Lipinski definition) is 0. The fraction of sp³-hybridized carbons (Fsp3) is 0.476. The summed E-state index contributed by atoms with van der Waals surface area (Å²) in [6.45, 7) is 6.68. The maximum atomic E-state index is 13.1. The molecule has 3 rings (SSSR count). The molecule has 1 aliphatic rings. The second kappa shape index (κ2) is 8.54. The van der Waals surface area contributed by atoms with Gasteiger partial charge >= 0.3 is 0 Å². The van der Waals surface area contributed by atoms with Crippen LogP contribution in [0.2, 0.25) is 0 Å². The quantitative estimate of drug-likeness (QED) is 0.723. The molecule has 1 atom stereocenters. The largest absolute Gasteiger partial charge is 0.381 e. The fourth-order valence-electron chi connectivity index (χ4n) is 3.69. The van der Waals surface area contributed by atoms with Gasteiger partial charge in [0.05, 0.1) is 6.61 Å². The van der Waals surface area contributed by atoms with Crippen LogP contribution in [-0.2, 0) is 17.7 Å². The zero-order valence-electron chi connectivity index (χ0n) is 15.0. The fourth-order valence-corrected chi connectivity index (χ4v) is 3.69. The Bertz CT molecular complexity index is 647. The molecule has 2 heterocycles. The van der Waals surface area contributed by atoms with Gasteiger partial charge < -0.3 is 4.74 Å². The van der Waals surface area contributed by atoms with Crippen molar-refractivity contribution in [2.45, 2.75) is 32.7 Å². The van der Waals surface area contributed by atoms with Gasteiger partial charge in [0.25, 0.3) is 0 Å². The Hall–Kier alpha value is -1.78. The Labute approximate surface area is 149 Å². The zero-order valence-corrected chi connectivity index (χ0v) is 15.0. The van der Waals surface area contributed by atoms with Crippen LogP contribution in [-0.4, -0.2) is 36.2 Å². The Morgan fingerprint density at radius 2 is 2.04 bits per heavy atom. The van der Waals surface area contributed by atoms with E-state index in [1.165, 1.54) is 11.1 Å². The number of aromatic nitrogens is 1.